The number of alkyl halides is 3. The summed E-state index contributed by atoms with van der Waals surface area (Å²) in [7, 11) is 0. The maximum Gasteiger partial charge on any atom is 0.417 e. The van der Waals surface area contributed by atoms with E-state index in [1.807, 2.05) is 0 Å². The zero-order valence-corrected chi connectivity index (χ0v) is 11.4. The Morgan fingerprint density at radius 1 is 1.45 bits per heavy atom. The molecule has 10 heteroatoms. The van der Waals surface area contributed by atoms with E-state index in [1.165, 1.54) is 6.20 Å². The minimum atomic E-state index is -4.47. The van der Waals surface area contributed by atoms with Gasteiger partial charge in [0.1, 0.15) is 0 Å². The first-order valence-electron chi connectivity index (χ1n) is 6.19. The largest absolute Gasteiger partial charge is 0.417 e. The summed E-state index contributed by atoms with van der Waals surface area (Å²) >= 11 is 0. The highest BCUT2D eigenvalue weighted by Gasteiger charge is 2.30. The van der Waals surface area contributed by atoms with Crippen molar-refractivity contribution in [1.82, 2.24) is 25.3 Å². The standard InChI is InChI=1S/C12H12F3N5O2/c1-7(6-21)17-11(22)9-5-20(19-18-9)10-3-2-8(4-16-10)12(13,14)15/h2-5,7,21H,6H2,1H3,(H,17,22). The van der Waals surface area contributed by atoms with Gasteiger partial charge < -0.3 is 10.4 Å². The van der Waals surface area contributed by atoms with E-state index in [0.717, 1.165) is 16.8 Å². The van der Waals surface area contributed by atoms with Crippen molar-refractivity contribution in [2.45, 2.75) is 19.1 Å². The minimum absolute atomic E-state index is 0.0398. The van der Waals surface area contributed by atoms with Gasteiger partial charge in [-0.15, -0.1) is 5.10 Å². The third-order valence-electron chi connectivity index (χ3n) is 2.69. The molecule has 2 rings (SSSR count). The van der Waals surface area contributed by atoms with E-state index in [0.29, 0.717) is 6.20 Å². The molecule has 1 atom stereocenters. The molecule has 0 spiro atoms. The van der Waals surface area contributed by atoms with Crippen molar-refractivity contribution in [3.05, 3.63) is 35.8 Å². The highest BCUT2D eigenvalue weighted by molar-refractivity contribution is 5.92. The van der Waals surface area contributed by atoms with Crippen molar-refractivity contribution in [3.63, 3.8) is 0 Å². The molecule has 2 N–H and O–H groups in total. The maximum absolute atomic E-state index is 12.4. The summed E-state index contributed by atoms with van der Waals surface area (Å²) in [5.41, 5.74) is -0.923. The van der Waals surface area contributed by atoms with Crippen LogP contribution in [0.5, 0.6) is 0 Å². The van der Waals surface area contributed by atoms with Gasteiger partial charge in [-0.1, -0.05) is 5.21 Å². The third-order valence-corrected chi connectivity index (χ3v) is 2.69. The van der Waals surface area contributed by atoms with E-state index in [1.54, 1.807) is 6.92 Å². The summed E-state index contributed by atoms with van der Waals surface area (Å²) in [5.74, 6) is -0.463. The van der Waals surface area contributed by atoms with Crippen LogP contribution in [0.4, 0.5) is 13.2 Å². The van der Waals surface area contributed by atoms with Crippen LogP contribution in [0.1, 0.15) is 23.0 Å². The molecule has 2 aromatic heterocycles. The number of amides is 1. The number of aliphatic hydroxyl groups is 1. The lowest BCUT2D eigenvalue weighted by Crippen LogP contribution is -2.35. The van der Waals surface area contributed by atoms with E-state index in [9.17, 15) is 18.0 Å². The van der Waals surface area contributed by atoms with Gasteiger partial charge >= 0.3 is 6.18 Å². The lowest BCUT2D eigenvalue weighted by Gasteiger charge is -2.08. The highest BCUT2D eigenvalue weighted by atomic mass is 19.4. The maximum atomic E-state index is 12.4. The number of pyridine rings is 1. The minimum Gasteiger partial charge on any atom is -0.394 e. The average molecular weight is 315 g/mol. The number of rotatable bonds is 4. The molecular formula is C12H12F3N5O2. The van der Waals surface area contributed by atoms with Crippen LogP contribution in [0.3, 0.4) is 0 Å². The van der Waals surface area contributed by atoms with Crippen LogP contribution >= 0.6 is 0 Å². The number of halogens is 3. The molecule has 0 fully saturated rings. The first-order valence-corrected chi connectivity index (χ1v) is 6.19. The van der Waals surface area contributed by atoms with E-state index in [2.05, 4.69) is 20.6 Å². The van der Waals surface area contributed by atoms with Crippen molar-refractivity contribution in [3.8, 4) is 5.82 Å². The molecule has 0 radical (unpaired) electrons. The van der Waals surface area contributed by atoms with Crippen LogP contribution in [-0.4, -0.2) is 43.6 Å². The molecule has 0 bridgehead atoms. The van der Waals surface area contributed by atoms with Crippen LogP contribution in [0.15, 0.2) is 24.5 Å². The summed E-state index contributed by atoms with van der Waals surface area (Å²) in [6, 6.07) is 1.52. The summed E-state index contributed by atoms with van der Waals surface area (Å²) in [6.45, 7) is 1.36. The van der Waals surface area contributed by atoms with Crippen LogP contribution in [0.25, 0.3) is 5.82 Å². The summed E-state index contributed by atoms with van der Waals surface area (Å²) < 4.78 is 38.4. The Morgan fingerprint density at radius 3 is 2.73 bits per heavy atom. The second-order valence-corrected chi connectivity index (χ2v) is 4.51. The number of nitrogens with one attached hydrogen (secondary N) is 1. The topological polar surface area (TPSA) is 92.9 Å². The van der Waals surface area contributed by atoms with Gasteiger partial charge in [-0.3, -0.25) is 4.79 Å². The Kier molecular flexibility index (Phi) is 4.40. The fraction of sp³-hybridized carbons (Fsp3) is 0.333. The predicted octanol–water partition coefficient (Wildman–Crippen LogP) is 0.792. The van der Waals surface area contributed by atoms with E-state index in [4.69, 9.17) is 5.11 Å². The number of hydrogen-bond acceptors (Lipinski definition) is 5. The van der Waals surface area contributed by atoms with Gasteiger partial charge in [0.25, 0.3) is 5.91 Å². The second kappa shape index (κ2) is 6.10. The first-order chi connectivity index (χ1) is 10.3. The molecule has 2 heterocycles. The SMILES string of the molecule is CC(CO)NC(=O)c1cn(-c2ccc(C(F)(F)F)cn2)nn1. The lowest BCUT2D eigenvalue weighted by molar-refractivity contribution is -0.137. The van der Waals surface area contributed by atoms with Gasteiger partial charge in [-0.05, 0) is 19.1 Å². The smallest absolute Gasteiger partial charge is 0.394 e. The normalized spacial score (nSPS) is 13.0. The number of carbonyl (C=O) groups is 1. The Morgan fingerprint density at radius 2 is 2.18 bits per heavy atom. The van der Waals surface area contributed by atoms with Crippen molar-refractivity contribution in [2.75, 3.05) is 6.61 Å². The van der Waals surface area contributed by atoms with Crippen LogP contribution in [-0.2, 0) is 6.18 Å². The Balaban J connectivity index is 2.16. The quantitative estimate of drug-likeness (QED) is 0.870. The third kappa shape index (κ3) is 3.58. The number of hydrogen-bond donors (Lipinski definition) is 2. The van der Waals surface area contributed by atoms with Crippen molar-refractivity contribution in [2.24, 2.45) is 0 Å². The Hall–Kier alpha value is -2.49. The van der Waals surface area contributed by atoms with Gasteiger partial charge in [0.05, 0.1) is 18.4 Å². The van der Waals surface area contributed by atoms with E-state index < -0.39 is 23.7 Å². The number of aliphatic hydroxyl groups excluding tert-OH is 1. The molecule has 0 aliphatic rings. The monoisotopic (exact) mass is 315 g/mol. The van der Waals surface area contributed by atoms with Crippen LogP contribution < -0.4 is 5.32 Å². The van der Waals surface area contributed by atoms with Gasteiger partial charge in [0.2, 0.25) is 0 Å². The van der Waals surface area contributed by atoms with Crippen molar-refractivity contribution >= 4 is 5.91 Å². The molecule has 0 saturated heterocycles. The lowest BCUT2D eigenvalue weighted by atomic mass is 10.3. The van der Waals surface area contributed by atoms with Crippen molar-refractivity contribution in [1.29, 1.82) is 0 Å². The molecule has 118 valence electrons. The fourth-order valence-electron chi connectivity index (χ4n) is 1.51. The molecule has 22 heavy (non-hydrogen) atoms. The molecular weight excluding hydrogens is 303 g/mol. The molecule has 2 aromatic rings. The van der Waals surface area contributed by atoms with Gasteiger partial charge in [-0.2, -0.15) is 13.2 Å². The number of carbonyl (C=O) groups excluding carboxylic acids is 1. The fourth-order valence-corrected chi connectivity index (χ4v) is 1.51. The Bertz CT molecular complexity index is 654. The predicted molar refractivity (Wildman–Crippen MR) is 68.2 cm³/mol. The van der Waals surface area contributed by atoms with Crippen molar-refractivity contribution < 1.29 is 23.1 Å². The average Bonchev–Trinajstić information content (AvgIpc) is 2.96. The van der Waals surface area contributed by atoms with E-state index >= 15 is 0 Å². The molecule has 0 aliphatic carbocycles. The molecule has 7 nitrogen and oxygen atoms in total. The summed E-state index contributed by atoms with van der Waals surface area (Å²) in [4.78, 5) is 15.4. The first kappa shape index (κ1) is 15.9. The van der Waals surface area contributed by atoms with E-state index in [-0.39, 0.29) is 18.1 Å². The van der Waals surface area contributed by atoms with Gasteiger partial charge in [0, 0.05) is 12.2 Å². The number of aromatic nitrogens is 4. The second-order valence-electron chi connectivity index (χ2n) is 4.51. The summed E-state index contributed by atoms with van der Waals surface area (Å²) in [5, 5.41) is 18.6. The number of nitrogens with zero attached hydrogens (tertiary/aromatic N) is 4. The highest BCUT2D eigenvalue weighted by Crippen LogP contribution is 2.28. The summed E-state index contributed by atoms with van der Waals surface area (Å²) in [6.07, 6.45) is -2.57. The molecule has 0 saturated carbocycles. The Labute approximate surface area is 122 Å². The molecule has 1 unspecified atom stereocenters. The molecule has 0 aliphatic heterocycles. The zero-order valence-electron chi connectivity index (χ0n) is 11.4. The van der Waals surface area contributed by atoms with Gasteiger partial charge in [-0.25, -0.2) is 9.67 Å². The zero-order chi connectivity index (χ0) is 16.3. The van der Waals surface area contributed by atoms with Crippen LogP contribution in [0, 0.1) is 0 Å². The molecule has 0 aromatic carbocycles. The van der Waals surface area contributed by atoms with Crippen LogP contribution in [0.2, 0.25) is 0 Å². The molecule has 1 amide bonds. The van der Waals surface area contributed by atoms with Gasteiger partial charge in [0.15, 0.2) is 11.5 Å².